The first-order chi connectivity index (χ1) is 9.11. The maximum atomic E-state index is 4.37. The number of aromatic nitrogens is 2. The van der Waals surface area contributed by atoms with Crippen LogP contribution in [0.4, 0.5) is 11.4 Å². The summed E-state index contributed by atoms with van der Waals surface area (Å²) in [6.07, 6.45) is 3.85. The fourth-order valence-electron chi connectivity index (χ4n) is 2.01. The van der Waals surface area contributed by atoms with E-state index in [0.29, 0.717) is 0 Å². The van der Waals surface area contributed by atoms with E-state index in [-0.39, 0.29) is 0 Å². The average Bonchev–Trinajstić information content (AvgIpc) is 2.83. The highest BCUT2D eigenvalue weighted by atomic mass is 79.9. The quantitative estimate of drug-likeness (QED) is 0.916. The summed E-state index contributed by atoms with van der Waals surface area (Å²) in [7, 11) is 4.09. The number of hydrogen-bond donors (Lipinski definition) is 1. The van der Waals surface area contributed by atoms with Crippen LogP contribution in [0.25, 0.3) is 0 Å². The predicted octanol–water partition coefficient (Wildman–Crippen LogP) is 3.34. The molecule has 0 aliphatic carbocycles. The summed E-state index contributed by atoms with van der Waals surface area (Å²) >= 11 is 3.51. The molecule has 0 fully saturated rings. The third-order valence-corrected chi connectivity index (χ3v) is 3.51. The minimum Gasteiger partial charge on any atom is -0.376 e. The van der Waals surface area contributed by atoms with Crippen LogP contribution >= 0.6 is 15.9 Å². The van der Waals surface area contributed by atoms with Gasteiger partial charge in [0.2, 0.25) is 0 Å². The molecule has 4 nitrogen and oxygen atoms in total. The Morgan fingerprint density at radius 2 is 2.16 bits per heavy atom. The van der Waals surface area contributed by atoms with Gasteiger partial charge in [-0.05, 0) is 25.1 Å². The molecule has 19 heavy (non-hydrogen) atoms. The number of anilines is 2. The van der Waals surface area contributed by atoms with Gasteiger partial charge >= 0.3 is 0 Å². The first kappa shape index (κ1) is 13.9. The molecular formula is C14H19BrN4. The van der Waals surface area contributed by atoms with E-state index in [1.54, 1.807) is 0 Å². The third-order valence-electron chi connectivity index (χ3n) is 3.02. The fraction of sp³-hybridized carbons (Fsp3) is 0.357. The van der Waals surface area contributed by atoms with Crippen LogP contribution in [0, 0.1) is 0 Å². The zero-order chi connectivity index (χ0) is 13.8. The maximum absolute atomic E-state index is 4.37. The Morgan fingerprint density at radius 1 is 1.37 bits per heavy atom. The summed E-state index contributed by atoms with van der Waals surface area (Å²) in [4.78, 5) is 6.47. The van der Waals surface area contributed by atoms with Crippen molar-refractivity contribution in [2.75, 3.05) is 24.3 Å². The zero-order valence-electron chi connectivity index (χ0n) is 11.5. The van der Waals surface area contributed by atoms with Crippen molar-refractivity contribution >= 4 is 27.3 Å². The summed E-state index contributed by atoms with van der Waals surface area (Å²) in [6, 6.07) is 6.24. The Morgan fingerprint density at radius 3 is 2.84 bits per heavy atom. The normalized spacial score (nSPS) is 10.5. The van der Waals surface area contributed by atoms with Crippen molar-refractivity contribution in [3.63, 3.8) is 0 Å². The van der Waals surface area contributed by atoms with Crippen molar-refractivity contribution in [1.82, 2.24) is 9.55 Å². The Kier molecular flexibility index (Phi) is 4.47. The molecular weight excluding hydrogens is 304 g/mol. The lowest BCUT2D eigenvalue weighted by atomic mass is 10.2. The van der Waals surface area contributed by atoms with Gasteiger partial charge in [0.1, 0.15) is 5.82 Å². The Hall–Kier alpha value is -1.49. The van der Waals surface area contributed by atoms with E-state index in [0.717, 1.165) is 34.8 Å². The molecule has 1 aromatic carbocycles. The van der Waals surface area contributed by atoms with Gasteiger partial charge in [-0.3, -0.25) is 0 Å². The topological polar surface area (TPSA) is 33.1 Å². The largest absolute Gasteiger partial charge is 0.376 e. The first-order valence-corrected chi connectivity index (χ1v) is 7.12. The lowest BCUT2D eigenvalue weighted by Crippen LogP contribution is -2.13. The minimum absolute atomic E-state index is 0.720. The SMILES string of the molecule is CCn1ccnc1CNc1cc(Br)ccc1N(C)C. The summed E-state index contributed by atoms with van der Waals surface area (Å²) in [5, 5.41) is 3.46. The maximum Gasteiger partial charge on any atom is 0.128 e. The Labute approximate surface area is 122 Å². The standard InChI is InChI=1S/C14H19BrN4/c1-4-19-8-7-16-14(19)10-17-12-9-11(15)5-6-13(12)18(2)3/h5-9,17H,4,10H2,1-3H3. The van der Waals surface area contributed by atoms with E-state index in [9.17, 15) is 0 Å². The van der Waals surface area contributed by atoms with Crippen LogP contribution in [-0.4, -0.2) is 23.6 Å². The van der Waals surface area contributed by atoms with Gasteiger partial charge in [-0.15, -0.1) is 0 Å². The van der Waals surface area contributed by atoms with E-state index >= 15 is 0 Å². The Balaban J connectivity index is 2.17. The smallest absolute Gasteiger partial charge is 0.128 e. The number of imidazole rings is 1. The number of nitrogens with zero attached hydrogens (tertiary/aromatic N) is 3. The van der Waals surface area contributed by atoms with Gasteiger partial charge < -0.3 is 14.8 Å². The number of aryl methyl sites for hydroxylation is 1. The van der Waals surface area contributed by atoms with Crippen molar-refractivity contribution in [1.29, 1.82) is 0 Å². The predicted molar refractivity (Wildman–Crippen MR) is 83.7 cm³/mol. The van der Waals surface area contributed by atoms with Gasteiger partial charge in [-0.2, -0.15) is 0 Å². The summed E-state index contributed by atoms with van der Waals surface area (Å²) in [5.41, 5.74) is 2.27. The molecule has 2 rings (SSSR count). The van der Waals surface area contributed by atoms with E-state index in [1.165, 1.54) is 0 Å². The van der Waals surface area contributed by atoms with E-state index < -0.39 is 0 Å². The fourth-order valence-corrected chi connectivity index (χ4v) is 2.37. The molecule has 2 aromatic rings. The Bertz CT molecular complexity index is 548. The molecule has 5 heteroatoms. The molecule has 0 atom stereocenters. The lowest BCUT2D eigenvalue weighted by Gasteiger charge is -2.19. The van der Waals surface area contributed by atoms with E-state index in [1.807, 2.05) is 32.6 Å². The molecule has 1 N–H and O–H groups in total. The molecule has 0 saturated heterocycles. The third kappa shape index (κ3) is 3.29. The van der Waals surface area contributed by atoms with E-state index in [4.69, 9.17) is 0 Å². The van der Waals surface area contributed by atoms with Crippen LogP contribution in [0.1, 0.15) is 12.7 Å². The van der Waals surface area contributed by atoms with Gasteiger partial charge in [-0.25, -0.2) is 4.98 Å². The van der Waals surface area contributed by atoms with E-state index in [2.05, 4.69) is 54.8 Å². The number of hydrogen-bond acceptors (Lipinski definition) is 3. The molecule has 102 valence electrons. The summed E-state index contributed by atoms with van der Waals surface area (Å²) in [5.74, 6) is 1.05. The molecule has 0 radical (unpaired) electrons. The van der Waals surface area contributed by atoms with Gasteiger partial charge in [-0.1, -0.05) is 15.9 Å². The average molecular weight is 323 g/mol. The molecule has 0 unspecified atom stereocenters. The molecule has 0 saturated carbocycles. The molecule has 0 aliphatic rings. The molecule has 1 aromatic heterocycles. The first-order valence-electron chi connectivity index (χ1n) is 6.32. The van der Waals surface area contributed by atoms with Crippen molar-refractivity contribution in [3.8, 4) is 0 Å². The van der Waals surface area contributed by atoms with Gasteiger partial charge in [0.15, 0.2) is 0 Å². The highest BCUT2D eigenvalue weighted by Gasteiger charge is 2.07. The number of benzene rings is 1. The molecule has 0 amide bonds. The van der Waals surface area contributed by atoms with Gasteiger partial charge in [0.25, 0.3) is 0 Å². The minimum atomic E-state index is 0.720. The number of halogens is 1. The molecule has 0 bridgehead atoms. The van der Waals surface area contributed by atoms with Crippen LogP contribution in [0.2, 0.25) is 0 Å². The molecule has 1 heterocycles. The monoisotopic (exact) mass is 322 g/mol. The number of nitrogens with one attached hydrogen (secondary N) is 1. The second kappa shape index (κ2) is 6.10. The van der Waals surface area contributed by atoms with Gasteiger partial charge in [0, 0.05) is 37.5 Å². The summed E-state index contributed by atoms with van der Waals surface area (Å²) < 4.78 is 3.21. The highest BCUT2D eigenvalue weighted by molar-refractivity contribution is 9.10. The van der Waals surface area contributed by atoms with Crippen LogP contribution < -0.4 is 10.2 Å². The van der Waals surface area contributed by atoms with Crippen molar-refractivity contribution in [2.45, 2.75) is 20.0 Å². The second-order valence-corrected chi connectivity index (χ2v) is 5.45. The van der Waals surface area contributed by atoms with Crippen LogP contribution in [0.3, 0.4) is 0 Å². The number of rotatable bonds is 5. The second-order valence-electron chi connectivity index (χ2n) is 4.54. The molecule has 0 spiro atoms. The summed E-state index contributed by atoms with van der Waals surface area (Å²) in [6.45, 7) is 3.78. The van der Waals surface area contributed by atoms with Crippen LogP contribution in [0.5, 0.6) is 0 Å². The van der Waals surface area contributed by atoms with Crippen LogP contribution in [0.15, 0.2) is 35.1 Å². The zero-order valence-corrected chi connectivity index (χ0v) is 13.1. The lowest BCUT2D eigenvalue weighted by molar-refractivity contribution is 0.708. The van der Waals surface area contributed by atoms with Gasteiger partial charge in [0.05, 0.1) is 17.9 Å². The van der Waals surface area contributed by atoms with Crippen LogP contribution in [-0.2, 0) is 13.1 Å². The highest BCUT2D eigenvalue weighted by Crippen LogP contribution is 2.28. The van der Waals surface area contributed by atoms with Crippen molar-refractivity contribution < 1.29 is 0 Å². The molecule has 0 aliphatic heterocycles. The van der Waals surface area contributed by atoms with Crippen molar-refractivity contribution in [2.24, 2.45) is 0 Å². The van der Waals surface area contributed by atoms with Crippen molar-refractivity contribution in [3.05, 3.63) is 40.9 Å².